The fraction of sp³-hybridized carbons (Fsp3) is 0.208. The standard InChI is InChI=1S/C24H22N6O3S/c25-23(31)22-21-16(13-20(27-22)24-28-18-6-2-3-7-19(18)29-24)15-12-14(8-9-17(15)26-21)34(32,33)30-10-4-1-5-11-30/h2-3,6-9,12-13,26H,1,4-5,10-11H2,(H2,25,31)(H,28,29). The van der Waals surface area contributed by atoms with Gasteiger partial charge in [0.2, 0.25) is 10.0 Å². The molecule has 10 heteroatoms. The van der Waals surface area contributed by atoms with Gasteiger partial charge in [0.05, 0.1) is 21.4 Å². The van der Waals surface area contributed by atoms with E-state index in [0.717, 1.165) is 30.3 Å². The van der Waals surface area contributed by atoms with Crippen LogP contribution >= 0.6 is 0 Å². The average Bonchev–Trinajstić information content (AvgIpc) is 3.45. The normalized spacial score (nSPS) is 15.4. The number of pyridine rings is 1. The third-order valence-electron chi connectivity index (χ3n) is 6.38. The SMILES string of the molecule is NC(=O)c1nc(-c2nc3ccccc3[nH]2)cc2c1[nH]c1ccc(S(=O)(=O)N3CCCCC3)cc12. The zero-order valence-electron chi connectivity index (χ0n) is 18.2. The van der Waals surface area contributed by atoms with Crippen molar-refractivity contribution in [3.63, 3.8) is 0 Å². The minimum Gasteiger partial charge on any atom is -0.364 e. The second-order valence-electron chi connectivity index (χ2n) is 8.54. The van der Waals surface area contributed by atoms with E-state index in [-0.39, 0.29) is 10.6 Å². The van der Waals surface area contributed by atoms with Gasteiger partial charge in [-0.15, -0.1) is 0 Å². The number of benzene rings is 2. The minimum absolute atomic E-state index is 0.0737. The van der Waals surface area contributed by atoms with Crippen molar-refractivity contribution in [2.45, 2.75) is 24.2 Å². The number of sulfonamides is 1. The number of nitrogens with two attached hydrogens (primary N) is 1. The zero-order valence-corrected chi connectivity index (χ0v) is 19.0. The number of carbonyl (C=O) groups excluding carboxylic acids is 1. The number of primary amides is 1. The number of imidazole rings is 1. The third kappa shape index (κ3) is 3.25. The summed E-state index contributed by atoms with van der Waals surface area (Å²) in [5, 5.41) is 1.33. The molecule has 0 saturated carbocycles. The van der Waals surface area contributed by atoms with Crippen LogP contribution < -0.4 is 5.73 Å². The first-order chi connectivity index (χ1) is 16.4. The van der Waals surface area contributed by atoms with Crippen LogP contribution in [0, 0.1) is 0 Å². The molecule has 3 aromatic heterocycles. The van der Waals surface area contributed by atoms with Crippen molar-refractivity contribution < 1.29 is 13.2 Å². The van der Waals surface area contributed by atoms with E-state index >= 15 is 0 Å². The Kier molecular flexibility index (Phi) is 4.68. The van der Waals surface area contributed by atoms with Crippen molar-refractivity contribution >= 4 is 48.8 Å². The molecule has 4 heterocycles. The second-order valence-corrected chi connectivity index (χ2v) is 10.5. The molecule has 2 aromatic carbocycles. The number of H-pyrrole nitrogens is 2. The van der Waals surface area contributed by atoms with Gasteiger partial charge in [0.1, 0.15) is 5.69 Å². The van der Waals surface area contributed by atoms with Crippen LogP contribution in [0.15, 0.2) is 53.4 Å². The quantitative estimate of drug-likeness (QED) is 0.366. The van der Waals surface area contributed by atoms with Crippen LogP contribution in [-0.2, 0) is 10.0 Å². The number of rotatable bonds is 4. The number of piperidine rings is 1. The monoisotopic (exact) mass is 474 g/mol. The number of hydrogen-bond donors (Lipinski definition) is 3. The molecule has 9 nitrogen and oxygen atoms in total. The van der Waals surface area contributed by atoms with Crippen LogP contribution in [0.3, 0.4) is 0 Å². The van der Waals surface area contributed by atoms with Crippen molar-refractivity contribution in [2.24, 2.45) is 5.73 Å². The minimum atomic E-state index is -3.61. The molecule has 172 valence electrons. The maximum atomic E-state index is 13.3. The maximum absolute atomic E-state index is 13.3. The summed E-state index contributed by atoms with van der Waals surface area (Å²) in [6, 6.07) is 14.4. The third-order valence-corrected chi connectivity index (χ3v) is 8.27. The number of aromatic amines is 2. The zero-order chi connectivity index (χ0) is 23.4. The van der Waals surface area contributed by atoms with Gasteiger partial charge in [-0.1, -0.05) is 18.6 Å². The van der Waals surface area contributed by atoms with Gasteiger partial charge < -0.3 is 15.7 Å². The molecule has 34 heavy (non-hydrogen) atoms. The number of nitrogens with one attached hydrogen (secondary N) is 2. The van der Waals surface area contributed by atoms with Crippen molar-refractivity contribution in [3.8, 4) is 11.5 Å². The number of carbonyl (C=O) groups is 1. The van der Waals surface area contributed by atoms with E-state index in [4.69, 9.17) is 5.73 Å². The van der Waals surface area contributed by atoms with Crippen LogP contribution in [0.2, 0.25) is 0 Å². The van der Waals surface area contributed by atoms with Gasteiger partial charge in [-0.3, -0.25) is 4.79 Å². The number of aromatic nitrogens is 4. The van der Waals surface area contributed by atoms with E-state index in [1.54, 1.807) is 28.6 Å². The first kappa shape index (κ1) is 20.8. The van der Waals surface area contributed by atoms with Crippen molar-refractivity contribution in [1.29, 1.82) is 0 Å². The average molecular weight is 475 g/mol. The van der Waals surface area contributed by atoms with Gasteiger partial charge in [-0.25, -0.2) is 18.4 Å². The Morgan fingerprint density at radius 1 is 0.912 bits per heavy atom. The van der Waals surface area contributed by atoms with Crippen LogP contribution in [0.4, 0.5) is 0 Å². The van der Waals surface area contributed by atoms with E-state index in [1.807, 2.05) is 24.3 Å². The van der Waals surface area contributed by atoms with E-state index < -0.39 is 15.9 Å². The van der Waals surface area contributed by atoms with E-state index in [9.17, 15) is 13.2 Å². The second kappa shape index (κ2) is 7.64. The highest BCUT2D eigenvalue weighted by Gasteiger charge is 2.27. The summed E-state index contributed by atoms with van der Waals surface area (Å²) < 4.78 is 28.1. The van der Waals surface area contributed by atoms with Crippen LogP contribution in [0.25, 0.3) is 44.4 Å². The molecule has 5 aromatic rings. The van der Waals surface area contributed by atoms with Gasteiger partial charge in [-0.05, 0) is 49.2 Å². The predicted molar refractivity (Wildman–Crippen MR) is 130 cm³/mol. The number of para-hydroxylation sites is 2. The van der Waals surface area contributed by atoms with E-state index in [2.05, 4.69) is 19.9 Å². The van der Waals surface area contributed by atoms with Crippen LogP contribution in [-0.4, -0.2) is 51.7 Å². The molecule has 0 atom stereocenters. The summed E-state index contributed by atoms with van der Waals surface area (Å²) in [4.78, 5) is 28.0. The lowest BCUT2D eigenvalue weighted by Gasteiger charge is -2.25. The Morgan fingerprint density at radius 2 is 1.71 bits per heavy atom. The summed E-state index contributed by atoms with van der Waals surface area (Å²) in [5.74, 6) is -0.187. The van der Waals surface area contributed by atoms with Gasteiger partial charge in [0.25, 0.3) is 5.91 Å². The largest absolute Gasteiger partial charge is 0.364 e. The lowest BCUT2D eigenvalue weighted by molar-refractivity contribution is 0.0997. The molecular formula is C24H22N6O3S. The molecule has 0 aliphatic carbocycles. The fourth-order valence-corrected chi connectivity index (χ4v) is 6.21. The first-order valence-electron chi connectivity index (χ1n) is 11.1. The highest BCUT2D eigenvalue weighted by atomic mass is 32.2. The number of nitrogens with zero attached hydrogens (tertiary/aromatic N) is 3. The van der Waals surface area contributed by atoms with Crippen LogP contribution in [0.5, 0.6) is 0 Å². The summed E-state index contributed by atoms with van der Waals surface area (Å²) in [7, 11) is -3.61. The Hall–Kier alpha value is -3.76. The molecule has 1 aliphatic heterocycles. The lowest BCUT2D eigenvalue weighted by Crippen LogP contribution is -2.35. The molecule has 1 fully saturated rings. The van der Waals surface area contributed by atoms with Crippen molar-refractivity contribution in [2.75, 3.05) is 13.1 Å². The summed E-state index contributed by atoms with van der Waals surface area (Å²) in [6.07, 6.45) is 2.77. The van der Waals surface area contributed by atoms with Gasteiger partial charge >= 0.3 is 0 Å². The molecule has 6 rings (SSSR count). The molecule has 4 N–H and O–H groups in total. The molecule has 1 aliphatic rings. The molecule has 0 unspecified atom stereocenters. The topological polar surface area (TPSA) is 138 Å². The summed E-state index contributed by atoms with van der Waals surface area (Å²) in [5.41, 5.74) is 8.96. The van der Waals surface area contributed by atoms with E-state index in [1.165, 1.54) is 0 Å². The van der Waals surface area contributed by atoms with Gasteiger partial charge in [0.15, 0.2) is 11.5 Å². The predicted octanol–water partition coefficient (Wildman–Crippen LogP) is 3.53. The number of hydrogen-bond acceptors (Lipinski definition) is 5. The highest BCUT2D eigenvalue weighted by Crippen LogP contribution is 2.33. The number of amides is 1. The maximum Gasteiger partial charge on any atom is 0.269 e. The summed E-state index contributed by atoms with van der Waals surface area (Å²) in [6.45, 7) is 1.06. The molecule has 1 saturated heterocycles. The Balaban J connectivity index is 1.56. The molecule has 0 radical (unpaired) electrons. The highest BCUT2D eigenvalue weighted by molar-refractivity contribution is 7.89. The molecule has 0 bridgehead atoms. The molecular weight excluding hydrogens is 452 g/mol. The summed E-state index contributed by atoms with van der Waals surface area (Å²) >= 11 is 0. The Bertz CT molecular complexity index is 1660. The van der Waals surface area contributed by atoms with Gasteiger partial charge in [-0.2, -0.15) is 4.31 Å². The van der Waals surface area contributed by atoms with Crippen molar-refractivity contribution in [3.05, 3.63) is 54.2 Å². The first-order valence-corrected chi connectivity index (χ1v) is 12.6. The smallest absolute Gasteiger partial charge is 0.269 e. The van der Waals surface area contributed by atoms with Crippen LogP contribution in [0.1, 0.15) is 29.8 Å². The van der Waals surface area contributed by atoms with Gasteiger partial charge in [0, 0.05) is 29.4 Å². The number of fused-ring (bicyclic) bond motifs is 4. The van der Waals surface area contributed by atoms with E-state index in [0.29, 0.717) is 46.4 Å². The fourth-order valence-electron chi connectivity index (χ4n) is 4.66. The Labute approximate surface area is 195 Å². The lowest BCUT2D eigenvalue weighted by atomic mass is 10.1. The van der Waals surface area contributed by atoms with Crippen molar-refractivity contribution in [1.82, 2.24) is 24.2 Å². The molecule has 0 spiro atoms. The molecule has 1 amide bonds. The Morgan fingerprint density at radius 3 is 2.47 bits per heavy atom.